The molecule has 0 spiro atoms. The highest BCUT2D eigenvalue weighted by atomic mass is 32.2. The fourth-order valence-corrected chi connectivity index (χ4v) is 3.06. The van der Waals surface area contributed by atoms with E-state index in [1.165, 1.54) is 11.8 Å². The number of anilines is 1. The summed E-state index contributed by atoms with van der Waals surface area (Å²) in [6, 6.07) is 15.0. The van der Waals surface area contributed by atoms with Gasteiger partial charge in [-0.2, -0.15) is 0 Å². The van der Waals surface area contributed by atoms with Crippen LogP contribution in [0.3, 0.4) is 0 Å². The number of para-hydroxylation sites is 2. The van der Waals surface area contributed by atoms with E-state index >= 15 is 0 Å². The van der Waals surface area contributed by atoms with Crippen molar-refractivity contribution in [2.45, 2.75) is 18.9 Å². The van der Waals surface area contributed by atoms with E-state index in [1.54, 1.807) is 12.4 Å². The predicted molar refractivity (Wildman–Crippen MR) is 110 cm³/mol. The molecule has 3 rings (SSSR count). The highest BCUT2D eigenvalue weighted by Gasteiger charge is 2.13. The zero-order chi connectivity index (χ0) is 19.8. The number of ether oxygens (including phenoxy) is 2. The van der Waals surface area contributed by atoms with Crippen LogP contribution >= 0.6 is 11.8 Å². The quantitative estimate of drug-likeness (QED) is 0.557. The highest BCUT2D eigenvalue weighted by molar-refractivity contribution is 8.00. The zero-order valence-electron chi connectivity index (χ0n) is 15.7. The first-order valence-electron chi connectivity index (χ1n) is 8.85. The number of hydrogen-bond acceptors (Lipinski definition) is 6. The summed E-state index contributed by atoms with van der Waals surface area (Å²) in [4.78, 5) is 20.9. The normalized spacial score (nSPS) is 10.4. The van der Waals surface area contributed by atoms with Crippen LogP contribution < -0.4 is 14.8 Å². The maximum atomic E-state index is 12.4. The van der Waals surface area contributed by atoms with Gasteiger partial charge in [-0.05, 0) is 38.1 Å². The Bertz CT molecular complexity index is 932. The molecule has 0 atom stereocenters. The van der Waals surface area contributed by atoms with Crippen molar-refractivity contribution in [1.29, 1.82) is 0 Å². The van der Waals surface area contributed by atoms with Crippen LogP contribution in [0.25, 0.3) is 0 Å². The second-order valence-corrected chi connectivity index (χ2v) is 6.81. The molecule has 0 aliphatic rings. The first-order valence-corrected chi connectivity index (χ1v) is 9.84. The van der Waals surface area contributed by atoms with Gasteiger partial charge in [-0.25, -0.2) is 9.97 Å². The summed E-state index contributed by atoms with van der Waals surface area (Å²) in [5.41, 5.74) is 1.79. The predicted octanol–water partition coefficient (Wildman–Crippen LogP) is 4.71. The average Bonchev–Trinajstić information content (AvgIpc) is 2.71. The number of aromatic nitrogens is 2. The molecule has 1 aromatic heterocycles. The zero-order valence-corrected chi connectivity index (χ0v) is 16.5. The van der Waals surface area contributed by atoms with Gasteiger partial charge >= 0.3 is 0 Å². The molecule has 0 saturated carbocycles. The Morgan fingerprint density at radius 3 is 2.61 bits per heavy atom. The molecule has 2 aromatic carbocycles. The van der Waals surface area contributed by atoms with E-state index in [0.29, 0.717) is 34.7 Å². The van der Waals surface area contributed by atoms with E-state index in [-0.39, 0.29) is 11.7 Å². The number of aryl methyl sites for hydroxylation is 1. The lowest BCUT2D eigenvalue weighted by molar-refractivity contribution is -0.113. The Kier molecular flexibility index (Phi) is 6.86. The third kappa shape index (κ3) is 5.47. The van der Waals surface area contributed by atoms with Crippen molar-refractivity contribution in [3.8, 4) is 17.4 Å². The van der Waals surface area contributed by atoms with Gasteiger partial charge in [0.05, 0.1) is 18.0 Å². The molecule has 0 radical (unpaired) electrons. The van der Waals surface area contributed by atoms with Gasteiger partial charge in [-0.1, -0.05) is 41.6 Å². The van der Waals surface area contributed by atoms with E-state index in [9.17, 15) is 4.79 Å². The molecular formula is C21H21N3O3S. The van der Waals surface area contributed by atoms with Crippen molar-refractivity contribution in [2.24, 2.45) is 0 Å². The molecule has 1 amide bonds. The SMILES string of the molecule is CCOc1ccccc1NC(=O)CSc1nccnc1Oc1ccc(C)cc1. The summed E-state index contributed by atoms with van der Waals surface area (Å²) in [5, 5.41) is 3.42. The molecule has 3 aromatic rings. The van der Waals surface area contributed by atoms with E-state index in [1.807, 2.05) is 62.4 Å². The van der Waals surface area contributed by atoms with Crippen molar-refractivity contribution < 1.29 is 14.3 Å². The number of thioether (sulfide) groups is 1. The van der Waals surface area contributed by atoms with Gasteiger partial charge in [0, 0.05) is 12.4 Å². The van der Waals surface area contributed by atoms with Crippen molar-refractivity contribution in [2.75, 3.05) is 17.7 Å². The number of hydrogen-bond donors (Lipinski definition) is 1. The highest BCUT2D eigenvalue weighted by Crippen LogP contribution is 2.29. The largest absolute Gasteiger partial charge is 0.492 e. The lowest BCUT2D eigenvalue weighted by Gasteiger charge is -2.11. The Morgan fingerprint density at radius 2 is 1.82 bits per heavy atom. The first-order chi connectivity index (χ1) is 13.7. The summed E-state index contributed by atoms with van der Waals surface area (Å²) in [5.74, 6) is 1.70. The fraction of sp³-hybridized carbons (Fsp3) is 0.190. The summed E-state index contributed by atoms with van der Waals surface area (Å²) in [7, 11) is 0. The monoisotopic (exact) mass is 395 g/mol. The molecule has 0 aliphatic heterocycles. The third-order valence-electron chi connectivity index (χ3n) is 3.67. The second-order valence-electron chi connectivity index (χ2n) is 5.85. The molecule has 28 heavy (non-hydrogen) atoms. The van der Waals surface area contributed by atoms with Crippen molar-refractivity contribution in [1.82, 2.24) is 9.97 Å². The molecule has 6 nitrogen and oxygen atoms in total. The standard InChI is InChI=1S/C21H21N3O3S/c1-3-26-18-7-5-4-6-17(18)24-19(25)14-28-21-20(22-12-13-23-21)27-16-10-8-15(2)9-11-16/h4-13H,3,14H2,1-2H3,(H,24,25). The van der Waals surface area contributed by atoms with E-state index < -0.39 is 0 Å². The van der Waals surface area contributed by atoms with Crippen LogP contribution in [-0.2, 0) is 4.79 Å². The van der Waals surface area contributed by atoms with Gasteiger partial charge in [-0.15, -0.1) is 0 Å². The Labute approximate surface area is 168 Å². The molecule has 0 aliphatic carbocycles. The van der Waals surface area contributed by atoms with Gasteiger partial charge in [0.1, 0.15) is 11.5 Å². The van der Waals surface area contributed by atoms with Crippen LogP contribution in [0.2, 0.25) is 0 Å². The van der Waals surface area contributed by atoms with Crippen LogP contribution in [0.15, 0.2) is 66.0 Å². The van der Waals surface area contributed by atoms with Crippen molar-refractivity contribution in [3.63, 3.8) is 0 Å². The summed E-state index contributed by atoms with van der Waals surface area (Å²) in [6.07, 6.45) is 3.14. The number of carbonyl (C=O) groups excluding carboxylic acids is 1. The summed E-state index contributed by atoms with van der Waals surface area (Å²) >= 11 is 1.26. The van der Waals surface area contributed by atoms with E-state index in [0.717, 1.165) is 5.56 Å². The molecule has 1 heterocycles. The topological polar surface area (TPSA) is 73.3 Å². The Morgan fingerprint density at radius 1 is 1.07 bits per heavy atom. The van der Waals surface area contributed by atoms with Crippen LogP contribution in [-0.4, -0.2) is 28.2 Å². The van der Waals surface area contributed by atoms with Crippen LogP contribution in [0.5, 0.6) is 17.4 Å². The number of benzene rings is 2. The molecule has 7 heteroatoms. The lowest BCUT2D eigenvalue weighted by atomic mass is 10.2. The van der Waals surface area contributed by atoms with Crippen LogP contribution in [0.1, 0.15) is 12.5 Å². The maximum absolute atomic E-state index is 12.4. The van der Waals surface area contributed by atoms with Crippen LogP contribution in [0, 0.1) is 6.92 Å². The number of nitrogens with one attached hydrogen (secondary N) is 1. The number of amides is 1. The number of nitrogens with zero attached hydrogens (tertiary/aromatic N) is 2. The minimum atomic E-state index is -0.163. The first kappa shape index (κ1) is 19.7. The molecule has 1 N–H and O–H groups in total. The number of rotatable bonds is 8. The number of carbonyl (C=O) groups is 1. The molecular weight excluding hydrogens is 374 g/mol. The van der Waals surface area contributed by atoms with Gasteiger partial charge in [0.15, 0.2) is 5.03 Å². The molecule has 0 bridgehead atoms. The van der Waals surface area contributed by atoms with E-state index in [4.69, 9.17) is 9.47 Å². The second kappa shape index (κ2) is 9.75. The van der Waals surface area contributed by atoms with Crippen molar-refractivity contribution >= 4 is 23.4 Å². The average molecular weight is 395 g/mol. The molecule has 0 fully saturated rings. The van der Waals surface area contributed by atoms with Crippen LogP contribution in [0.4, 0.5) is 5.69 Å². The minimum absolute atomic E-state index is 0.163. The van der Waals surface area contributed by atoms with Gasteiger partial charge in [0.2, 0.25) is 5.91 Å². The smallest absolute Gasteiger partial charge is 0.252 e. The van der Waals surface area contributed by atoms with Gasteiger partial charge in [0.25, 0.3) is 5.88 Å². The fourth-order valence-electron chi connectivity index (χ4n) is 2.37. The Balaban J connectivity index is 1.63. The summed E-state index contributed by atoms with van der Waals surface area (Å²) < 4.78 is 11.4. The summed E-state index contributed by atoms with van der Waals surface area (Å²) in [6.45, 7) is 4.44. The lowest BCUT2D eigenvalue weighted by Crippen LogP contribution is -2.15. The van der Waals surface area contributed by atoms with E-state index in [2.05, 4.69) is 15.3 Å². The van der Waals surface area contributed by atoms with Crippen molar-refractivity contribution in [3.05, 3.63) is 66.5 Å². The maximum Gasteiger partial charge on any atom is 0.252 e. The molecule has 144 valence electrons. The minimum Gasteiger partial charge on any atom is -0.492 e. The Hall–Kier alpha value is -3.06. The third-order valence-corrected chi connectivity index (χ3v) is 4.63. The molecule has 0 saturated heterocycles. The van der Waals surface area contributed by atoms with Gasteiger partial charge < -0.3 is 14.8 Å². The van der Waals surface area contributed by atoms with Gasteiger partial charge in [-0.3, -0.25) is 4.79 Å². The molecule has 0 unspecified atom stereocenters.